The molecule has 0 radical (unpaired) electrons. The Morgan fingerprint density at radius 1 is 1.45 bits per heavy atom. The van der Waals surface area contributed by atoms with Gasteiger partial charge < -0.3 is 4.74 Å². The van der Waals surface area contributed by atoms with Crippen molar-refractivity contribution in [3.05, 3.63) is 35.6 Å². The first-order chi connectivity index (χ1) is 9.39. The molecule has 0 aliphatic carbocycles. The number of benzene rings is 1. The summed E-state index contributed by atoms with van der Waals surface area (Å²) >= 11 is 0. The third-order valence-electron chi connectivity index (χ3n) is 3.62. The SMILES string of the molecule is CC(CN1CCOC(C)(C)C1)C(=O)c1ccccc1F. The lowest BCUT2D eigenvalue weighted by Gasteiger charge is -2.39. The van der Waals surface area contributed by atoms with Crippen molar-refractivity contribution in [2.24, 2.45) is 5.92 Å². The first kappa shape index (κ1) is 15.1. The first-order valence-corrected chi connectivity index (χ1v) is 7.04. The highest BCUT2D eigenvalue weighted by atomic mass is 19.1. The van der Waals surface area contributed by atoms with Crippen LogP contribution in [0.3, 0.4) is 0 Å². The van der Waals surface area contributed by atoms with Crippen LogP contribution >= 0.6 is 0 Å². The molecule has 1 aliphatic heterocycles. The molecule has 20 heavy (non-hydrogen) atoms. The molecule has 0 spiro atoms. The molecule has 0 amide bonds. The summed E-state index contributed by atoms with van der Waals surface area (Å²) in [5.41, 5.74) is 0.00598. The summed E-state index contributed by atoms with van der Waals surface area (Å²) in [6, 6.07) is 6.18. The third-order valence-corrected chi connectivity index (χ3v) is 3.62. The largest absolute Gasteiger partial charge is 0.373 e. The minimum absolute atomic E-state index is 0.132. The van der Waals surface area contributed by atoms with Crippen molar-refractivity contribution in [2.75, 3.05) is 26.2 Å². The van der Waals surface area contributed by atoms with E-state index in [0.717, 1.165) is 13.1 Å². The molecule has 1 aromatic carbocycles. The second-order valence-electron chi connectivity index (χ2n) is 6.09. The van der Waals surface area contributed by atoms with E-state index in [1.54, 1.807) is 18.2 Å². The highest BCUT2D eigenvalue weighted by Crippen LogP contribution is 2.19. The van der Waals surface area contributed by atoms with E-state index >= 15 is 0 Å². The van der Waals surface area contributed by atoms with E-state index in [4.69, 9.17) is 4.74 Å². The van der Waals surface area contributed by atoms with E-state index in [1.807, 2.05) is 20.8 Å². The van der Waals surface area contributed by atoms with Gasteiger partial charge in [-0.1, -0.05) is 19.1 Å². The Bertz CT molecular complexity index is 487. The molecule has 4 heteroatoms. The lowest BCUT2D eigenvalue weighted by Crippen LogP contribution is -2.50. The summed E-state index contributed by atoms with van der Waals surface area (Å²) in [4.78, 5) is 14.5. The molecule has 0 bridgehead atoms. The average Bonchev–Trinajstić information content (AvgIpc) is 2.37. The van der Waals surface area contributed by atoms with Gasteiger partial charge in [-0.3, -0.25) is 9.69 Å². The minimum atomic E-state index is -0.438. The summed E-state index contributed by atoms with van der Waals surface area (Å²) in [5, 5.41) is 0. The topological polar surface area (TPSA) is 29.5 Å². The van der Waals surface area contributed by atoms with Gasteiger partial charge in [-0.2, -0.15) is 0 Å². The van der Waals surface area contributed by atoms with Crippen LogP contribution in [0.4, 0.5) is 4.39 Å². The molecule has 0 N–H and O–H groups in total. The molecule has 110 valence electrons. The summed E-state index contributed by atoms with van der Waals surface area (Å²) in [6.45, 7) is 8.87. The fourth-order valence-corrected chi connectivity index (χ4v) is 2.67. The fraction of sp³-hybridized carbons (Fsp3) is 0.562. The van der Waals surface area contributed by atoms with Crippen LogP contribution in [0.5, 0.6) is 0 Å². The third kappa shape index (κ3) is 3.64. The Hall–Kier alpha value is -1.26. The van der Waals surface area contributed by atoms with Crippen LogP contribution in [0.15, 0.2) is 24.3 Å². The van der Waals surface area contributed by atoms with Gasteiger partial charge in [-0.15, -0.1) is 0 Å². The maximum Gasteiger partial charge on any atom is 0.169 e. The molecule has 2 rings (SSSR count). The molecule has 1 atom stereocenters. The lowest BCUT2D eigenvalue weighted by atomic mass is 9.97. The van der Waals surface area contributed by atoms with Crippen molar-refractivity contribution in [3.8, 4) is 0 Å². The van der Waals surface area contributed by atoms with Crippen LogP contribution in [0.2, 0.25) is 0 Å². The number of carbonyl (C=O) groups excluding carboxylic acids is 1. The van der Waals surface area contributed by atoms with Gasteiger partial charge in [0.15, 0.2) is 5.78 Å². The van der Waals surface area contributed by atoms with Gasteiger partial charge in [0.05, 0.1) is 17.8 Å². The van der Waals surface area contributed by atoms with Gasteiger partial charge in [0.2, 0.25) is 0 Å². The smallest absolute Gasteiger partial charge is 0.169 e. The van der Waals surface area contributed by atoms with Gasteiger partial charge in [0.25, 0.3) is 0 Å². The Balaban J connectivity index is 2.00. The Labute approximate surface area is 119 Å². The zero-order valence-corrected chi connectivity index (χ0v) is 12.4. The highest BCUT2D eigenvalue weighted by Gasteiger charge is 2.29. The Kier molecular flexibility index (Phi) is 4.55. The summed E-state index contributed by atoms with van der Waals surface area (Å²) in [7, 11) is 0. The molecule has 0 saturated carbocycles. The summed E-state index contributed by atoms with van der Waals surface area (Å²) in [6.07, 6.45) is 0. The quantitative estimate of drug-likeness (QED) is 0.794. The van der Waals surface area contributed by atoms with Crippen molar-refractivity contribution in [2.45, 2.75) is 26.4 Å². The van der Waals surface area contributed by atoms with Crippen molar-refractivity contribution in [3.63, 3.8) is 0 Å². The van der Waals surface area contributed by atoms with Crippen LogP contribution < -0.4 is 0 Å². The number of Topliss-reactive ketones (excluding diaryl/α,β-unsaturated/α-hetero) is 1. The van der Waals surface area contributed by atoms with Crippen molar-refractivity contribution in [1.82, 2.24) is 4.90 Å². The number of morpholine rings is 1. The minimum Gasteiger partial charge on any atom is -0.373 e. The van der Waals surface area contributed by atoms with Crippen molar-refractivity contribution >= 4 is 5.78 Å². The molecular formula is C16H22FNO2. The number of hydrogen-bond donors (Lipinski definition) is 0. The number of nitrogens with zero attached hydrogens (tertiary/aromatic N) is 1. The number of carbonyl (C=O) groups is 1. The number of rotatable bonds is 4. The second-order valence-corrected chi connectivity index (χ2v) is 6.09. The first-order valence-electron chi connectivity index (χ1n) is 7.04. The van der Waals surface area contributed by atoms with Gasteiger partial charge in [0, 0.05) is 25.6 Å². The van der Waals surface area contributed by atoms with E-state index in [2.05, 4.69) is 4.90 Å². The standard InChI is InChI=1S/C16H22FNO2/c1-12(10-18-8-9-20-16(2,3)11-18)15(19)13-6-4-5-7-14(13)17/h4-7,12H,8-11H2,1-3H3. The van der Waals surface area contributed by atoms with Crippen LogP contribution in [0.1, 0.15) is 31.1 Å². The van der Waals surface area contributed by atoms with Gasteiger partial charge >= 0.3 is 0 Å². The zero-order chi connectivity index (χ0) is 14.8. The Morgan fingerprint density at radius 2 is 2.15 bits per heavy atom. The van der Waals surface area contributed by atoms with Crippen molar-refractivity contribution in [1.29, 1.82) is 0 Å². The predicted molar refractivity (Wildman–Crippen MR) is 76.4 cm³/mol. The summed E-state index contributed by atoms with van der Waals surface area (Å²) in [5.74, 6) is -0.792. The predicted octanol–water partition coefficient (Wildman–Crippen LogP) is 2.76. The molecule has 1 fully saturated rings. The van der Waals surface area contributed by atoms with E-state index < -0.39 is 5.82 Å². The lowest BCUT2D eigenvalue weighted by molar-refractivity contribution is -0.0877. The number of ketones is 1. The van der Waals surface area contributed by atoms with Crippen molar-refractivity contribution < 1.29 is 13.9 Å². The van der Waals surface area contributed by atoms with Gasteiger partial charge in [-0.05, 0) is 26.0 Å². The molecule has 1 unspecified atom stereocenters. The molecule has 3 nitrogen and oxygen atoms in total. The van der Waals surface area contributed by atoms with Crippen LogP contribution in [0.25, 0.3) is 0 Å². The second kappa shape index (κ2) is 6.02. The van der Waals surface area contributed by atoms with E-state index in [0.29, 0.717) is 13.2 Å². The molecule has 1 aromatic rings. The zero-order valence-electron chi connectivity index (χ0n) is 12.4. The molecule has 1 saturated heterocycles. The van der Waals surface area contributed by atoms with E-state index in [-0.39, 0.29) is 22.9 Å². The molecular weight excluding hydrogens is 257 g/mol. The molecule has 1 heterocycles. The van der Waals surface area contributed by atoms with Crippen LogP contribution in [0, 0.1) is 11.7 Å². The Morgan fingerprint density at radius 3 is 2.80 bits per heavy atom. The summed E-state index contributed by atoms with van der Waals surface area (Å²) < 4.78 is 19.3. The van der Waals surface area contributed by atoms with Gasteiger partial charge in [0.1, 0.15) is 5.82 Å². The number of hydrogen-bond acceptors (Lipinski definition) is 3. The molecule has 1 aliphatic rings. The maximum atomic E-state index is 13.6. The van der Waals surface area contributed by atoms with E-state index in [1.165, 1.54) is 6.07 Å². The number of halogens is 1. The highest BCUT2D eigenvalue weighted by molar-refractivity contribution is 5.98. The fourth-order valence-electron chi connectivity index (χ4n) is 2.67. The van der Waals surface area contributed by atoms with Crippen LogP contribution in [-0.2, 0) is 4.74 Å². The van der Waals surface area contributed by atoms with E-state index in [9.17, 15) is 9.18 Å². The normalized spacial score (nSPS) is 20.6. The molecule has 0 aromatic heterocycles. The maximum absolute atomic E-state index is 13.6. The van der Waals surface area contributed by atoms with Crippen LogP contribution in [-0.4, -0.2) is 42.5 Å². The monoisotopic (exact) mass is 279 g/mol. The number of ether oxygens (including phenoxy) is 1. The average molecular weight is 279 g/mol. The van der Waals surface area contributed by atoms with Gasteiger partial charge in [-0.25, -0.2) is 4.39 Å².